The van der Waals surface area contributed by atoms with Gasteiger partial charge < -0.3 is 10.6 Å². The highest BCUT2D eigenvalue weighted by Crippen LogP contribution is 2.12. The van der Waals surface area contributed by atoms with Crippen LogP contribution in [0.5, 0.6) is 0 Å². The number of hydrogen-bond acceptors (Lipinski definition) is 1. The van der Waals surface area contributed by atoms with E-state index >= 15 is 0 Å². The molecule has 0 amide bonds. The van der Waals surface area contributed by atoms with Crippen molar-refractivity contribution in [2.24, 2.45) is 16.6 Å². The van der Waals surface area contributed by atoms with E-state index in [1.54, 1.807) is 0 Å². The Morgan fingerprint density at radius 2 is 1.81 bits per heavy atom. The monoisotopic (exact) mass is 227 g/mol. The lowest BCUT2D eigenvalue weighted by Gasteiger charge is -2.20. The molecule has 0 aliphatic carbocycles. The van der Waals surface area contributed by atoms with E-state index in [2.05, 4.69) is 37.6 Å². The molecule has 0 spiro atoms. The highest BCUT2D eigenvalue weighted by Gasteiger charge is 2.06. The molecule has 0 bridgehead atoms. The molecule has 16 heavy (non-hydrogen) atoms. The van der Waals surface area contributed by atoms with Crippen LogP contribution in [0.1, 0.15) is 53.4 Å². The average Bonchev–Trinajstić information content (AvgIpc) is 2.31. The third-order valence-electron chi connectivity index (χ3n) is 3.14. The molecule has 3 heteroatoms. The second-order valence-corrected chi connectivity index (χ2v) is 4.29. The molecule has 0 rings (SSSR count). The predicted octanol–water partition coefficient (Wildman–Crippen LogP) is 2.86. The predicted molar refractivity (Wildman–Crippen MR) is 72.7 cm³/mol. The zero-order valence-corrected chi connectivity index (χ0v) is 11.5. The fourth-order valence-electron chi connectivity index (χ4n) is 1.79. The van der Waals surface area contributed by atoms with E-state index in [4.69, 9.17) is 5.73 Å². The molecule has 0 aromatic carbocycles. The third kappa shape index (κ3) is 5.99. The van der Waals surface area contributed by atoms with E-state index in [0.29, 0.717) is 11.9 Å². The standard InChI is InChI=1S/C13H29N3/c1-5-9-10-12(6-2)11-15-13(14)16(7-3)8-4/h12H,5-11H2,1-4H3,(H2,14,15). The zero-order chi connectivity index (χ0) is 12.4. The lowest BCUT2D eigenvalue weighted by Crippen LogP contribution is -2.37. The van der Waals surface area contributed by atoms with E-state index in [0.717, 1.165) is 19.6 Å². The van der Waals surface area contributed by atoms with Crippen LogP contribution in [0, 0.1) is 5.92 Å². The van der Waals surface area contributed by atoms with Gasteiger partial charge in [-0.05, 0) is 26.2 Å². The number of rotatable bonds is 8. The summed E-state index contributed by atoms with van der Waals surface area (Å²) < 4.78 is 0. The molecule has 96 valence electrons. The van der Waals surface area contributed by atoms with Crippen molar-refractivity contribution in [1.29, 1.82) is 0 Å². The van der Waals surface area contributed by atoms with E-state index in [-0.39, 0.29) is 0 Å². The van der Waals surface area contributed by atoms with Crippen LogP contribution in [-0.2, 0) is 0 Å². The number of nitrogens with zero attached hydrogens (tertiary/aromatic N) is 2. The van der Waals surface area contributed by atoms with Gasteiger partial charge in [0.15, 0.2) is 5.96 Å². The molecular formula is C13H29N3. The van der Waals surface area contributed by atoms with Crippen molar-refractivity contribution in [3.8, 4) is 0 Å². The van der Waals surface area contributed by atoms with Gasteiger partial charge in [-0.25, -0.2) is 0 Å². The molecule has 0 heterocycles. The first kappa shape index (κ1) is 15.3. The van der Waals surface area contributed by atoms with Crippen LogP contribution in [0.3, 0.4) is 0 Å². The number of guanidine groups is 1. The van der Waals surface area contributed by atoms with Crippen LogP contribution >= 0.6 is 0 Å². The Bertz CT molecular complexity index is 186. The Morgan fingerprint density at radius 1 is 1.19 bits per heavy atom. The molecule has 1 atom stereocenters. The molecular weight excluding hydrogens is 198 g/mol. The van der Waals surface area contributed by atoms with Crippen LogP contribution in [0.2, 0.25) is 0 Å². The van der Waals surface area contributed by atoms with Crippen LogP contribution < -0.4 is 5.73 Å². The highest BCUT2D eigenvalue weighted by atomic mass is 15.2. The first-order valence-corrected chi connectivity index (χ1v) is 6.74. The van der Waals surface area contributed by atoms with E-state index in [1.165, 1.54) is 25.7 Å². The summed E-state index contributed by atoms with van der Waals surface area (Å²) >= 11 is 0. The topological polar surface area (TPSA) is 41.6 Å². The smallest absolute Gasteiger partial charge is 0.191 e. The van der Waals surface area contributed by atoms with Crippen LogP contribution in [0.4, 0.5) is 0 Å². The van der Waals surface area contributed by atoms with Crippen molar-refractivity contribution in [1.82, 2.24) is 4.90 Å². The van der Waals surface area contributed by atoms with Gasteiger partial charge in [-0.15, -0.1) is 0 Å². The van der Waals surface area contributed by atoms with Crippen LogP contribution in [-0.4, -0.2) is 30.5 Å². The number of nitrogens with two attached hydrogens (primary N) is 1. The molecule has 2 N–H and O–H groups in total. The van der Waals surface area contributed by atoms with E-state index in [1.807, 2.05) is 0 Å². The van der Waals surface area contributed by atoms with Gasteiger partial charge in [0.1, 0.15) is 0 Å². The maximum atomic E-state index is 5.95. The van der Waals surface area contributed by atoms with Crippen molar-refractivity contribution in [2.45, 2.75) is 53.4 Å². The maximum Gasteiger partial charge on any atom is 0.191 e. The van der Waals surface area contributed by atoms with Crippen molar-refractivity contribution < 1.29 is 0 Å². The summed E-state index contributed by atoms with van der Waals surface area (Å²) in [6.45, 7) is 11.5. The molecule has 3 nitrogen and oxygen atoms in total. The summed E-state index contributed by atoms with van der Waals surface area (Å²) in [6, 6.07) is 0. The molecule has 0 saturated carbocycles. The largest absolute Gasteiger partial charge is 0.370 e. The second kappa shape index (κ2) is 9.49. The van der Waals surface area contributed by atoms with Crippen molar-refractivity contribution in [3.63, 3.8) is 0 Å². The van der Waals surface area contributed by atoms with Gasteiger partial charge in [-0.3, -0.25) is 4.99 Å². The molecule has 1 unspecified atom stereocenters. The quantitative estimate of drug-likeness (QED) is 0.512. The normalized spacial score (nSPS) is 13.9. The summed E-state index contributed by atoms with van der Waals surface area (Å²) in [7, 11) is 0. The second-order valence-electron chi connectivity index (χ2n) is 4.29. The summed E-state index contributed by atoms with van der Waals surface area (Å²) in [5, 5.41) is 0. The fraction of sp³-hybridized carbons (Fsp3) is 0.923. The summed E-state index contributed by atoms with van der Waals surface area (Å²) in [5.74, 6) is 1.41. The third-order valence-corrected chi connectivity index (χ3v) is 3.14. The highest BCUT2D eigenvalue weighted by molar-refractivity contribution is 5.77. The average molecular weight is 227 g/mol. The van der Waals surface area contributed by atoms with Gasteiger partial charge in [-0.2, -0.15) is 0 Å². The Hall–Kier alpha value is -0.730. The molecule has 0 saturated heterocycles. The Labute approximate surface area is 101 Å². The lowest BCUT2D eigenvalue weighted by molar-refractivity contribution is 0.438. The minimum Gasteiger partial charge on any atom is -0.370 e. The van der Waals surface area contributed by atoms with Gasteiger partial charge in [0.05, 0.1) is 0 Å². The number of unbranched alkanes of at least 4 members (excludes halogenated alkanes) is 1. The lowest BCUT2D eigenvalue weighted by atomic mass is 10.00. The first-order chi connectivity index (χ1) is 7.69. The van der Waals surface area contributed by atoms with Gasteiger partial charge in [0.2, 0.25) is 0 Å². The van der Waals surface area contributed by atoms with Gasteiger partial charge in [-0.1, -0.05) is 33.1 Å². The zero-order valence-electron chi connectivity index (χ0n) is 11.5. The summed E-state index contributed by atoms with van der Waals surface area (Å²) in [6.07, 6.45) is 5.06. The summed E-state index contributed by atoms with van der Waals surface area (Å²) in [4.78, 5) is 6.61. The molecule has 0 aromatic heterocycles. The molecule has 0 aromatic rings. The molecule has 0 aliphatic rings. The summed E-state index contributed by atoms with van der Waals surface area (Å²) in [5.41, 5.74) is 5.95. The van der Waals surface area contributed by atoms with Gasteiger partial charge >= 0.3 is 0 Å². The minimum atomic E-state index is 0.703. The van der Waals surface area contributed by atoms with Gasteiger partial charge in [0.25, 0.3) is 0 Å². The molecule has 0 fully saturated rings. The first-order valence-electron chi connectivity index (χ1n) is 6.74. The van der Waals surface area contributed by atoms with Crippen molar-refractivity contribution in [2.75, 3.05) is 19.6 Å². The van der Waals surface area contributed by atoms with Crippen molar-refractivity contribution >= 4 is 5.96 Å². The number of hydrogen-bond donors (Lipinski definition) is 1. The Balaban J connectivity index is 4.09. The van der Waals surface area contributed by atoms with Crippen molar-refractivity contribution in [3.05, 3.63) is 0 Å². The fourth-order valence-corrected chi connectivity index (χ4v) is 1.79. The van der Waals surface area contributed by atoms with E-state index < -0.39 is 0 Å². The minimum absolute atomic E-state index is 0.703. The van der Waals surface area contributed by atoms with E-state index in [9.17, 15) is 0 Å². The Morgan fingerprint density at radius 3 is 2.25 bits per heavy atom. The van der Waals surface area contributed by atoms with Crippen LogP contribution in [0.25, 0.3) is 0 Å². The van der Waals surface area contributed by atoms with Crippen LogP contribution in [0.15, 0.2) is 4.99 Å². The maximum absolute atomic E-state index is 5.95. The molecule has 0 aliphatic heterocycles. The SMILES string of the molecule is CCCCC(CC)CN=C(N)N(CC)CC. The number of aliphatic imine (C=N–C) groups is 1. The van der Waals surface area contributed by atoms with Gasteiger partial charge in [0, 0.05) is 19.6 Å². The molecule has 0 radical (unpaired) electrons. The Kier molecular flexibility index (Phi) is 9.06.